The van der Waals surface area contributed by atoms with Crippen molar-refractivity contribution < 1.29 is 13.2 Å². The quantitative estimate of drug-likeness (QED) is 0.815. The number of nitrogens with two attached hydrogens (primary N) is 1. The zero-order valence-electron chi connectivity index (χ0n) is 12.2. The molecule has 1 aliphatic heterocycles. The second-order valence-corrected chi connectivity index (χ2v) is 7.57. The molecule has 1 atom stereocenters. The Morgan fingerprint density at radius 1 is 1.45 bits per heavy atom. The summed E-state index contributed by atoms with van der Waals surface area (Å²) in [6, 6.07) is 6.86. The monoisotopic (exact) mass is 345 g/mol. The van der Waals surface area contributed by atoms with Crippen molar-refractivity contribution in [1.82, 2.24) is 4.90 Å². The van der Waals surface area contributed by atoms with Gasteiger partial charge in [-0.15, -0.1) is 0 Å². The van der Waals surface area contributed by atoms with Gasteiger partial charge in [0.15, 0.2) is 0 Å². The molecule has 0 unspecified atom stereocenters. The molecule has 0 aromatic heterocycles. The highest BCUT2D eigenvalue weighted by molar-refractivity contribution is 7.89. The van der Waals surface area contributed by atoms with Crippen LogP contribution in [0.2, 0.25) is 5.02 Å². The van der Waals surface area contributed by atoms with Gasteiger partial charge in [0.25, 0.3) is 0 Å². The number of carbonyl (C=O) groups is 1. The molecule has 8 heteroatoms. The van der Waals surface area contributed by atoms with Gasteiger partial charge in [0, 0.05) is 29.7 Å². The first-order valence-corrected chi connectivity index (χ1v) is 9.23. The molecule has 0 saturated carbocycles. The van der Waals surface area contributed by atoms with E-state index in [2.05, 4.69) is 5.32 Å². The Morgan fingerprint density at radius 2 is 2.23 bits per heavy atom. The maximum atomic E-state index is 11.9. The number of sulfonamides is 1. The van der Waals surface area contributed by atoms with Gasteiger partial charge in [0.05, 0.1) is 5.75 Å². The number of primary sulfonamides is 1. The lowest BCUT2D eigenvalue weighted by Gasteiger charge is -2.23. The average Bonchev–Trinajstić information content (AvgIpc) is 2.81. The van der Waals surface area contributed by atoms with Crippen LogP contribution in [-0.2, 0) is 14.8 Å². The lowest BCUT2D eigenvalue weighted by atomic mass is 10.2. The highest BCUT2D eigenvalue weighted by atomic mass is 35.5. The van der Waals surface area contributed by atoms with Gasteiger partial charge in [-0.05, 0) is 37.6 Å². The van der Waals surface area contributed by atoms with Crippen LogP contribution in [0.25, 0.3) is 0 Å². The zero-order chi connectivity index (χ0) is 16.2. The summed E-state index contributed by atoms with van der Waals surface area (Å²) in [5.74, 6) is -0.174. The molecule has 0 radical (unpaired) electrons. The highest BCUT2D eigenvalue weighted by Gasteiger charge is 2.27. The number of nitrogens with one attached hydrogen (secondary N) is 1. The molecule has 0 bridgehead atoms. The normalized spacial score (nSPS) is 19.3. The smallest absolute Gasteiger partial charge is 0.225 e. The van der Waals surface area contributed by atoms with E-state index < -0.39 is 10.0 Å². The third-order valence-corrected chi connectivity index (χ3v) is 4.74. The number of hydrogen-bond donors (Lipinski definition) is 2. The molecular weight excluding hydrogens is 326 g/mol. The van der Waals surface area contributed by atoms with E-state index in [1.165, 1.54) is 0 Å². The number of rotatable bonds is 6. The van der Waals surface area contributed by atoms with Gasteiger partial charge in [-0.1, -0.05) is 17.7 Å². The SMILES string of the molecule is NS(=O)(=O)C[C@@H]1CCCN1CCC(=O)Nc1cccc(Cl)c1. The third kappa shape index (κ3) is 5.57. The minimum Gasteiger partial charge on any atom is -0.326 e. The summed E-state index contributed by atoms with van der Waals surface area (Å²) in [6.07, 6.45) is 2.02. The van der Waals surface area contributed by atoms with Crippen LogP contribution in [0.3, 0.4) is 0 Å². The third-order valence-electron chi connectivity index (χ3n) is 3.66. The number of halogens is 1. The van der Waals surface area contributed by atoms with E-state index in [0.717, 1.165) is 19.4 Å². The van der Waals surface area contributed by atoms with Crippen molar-refractivity contribution in [1.29, 1.82) is 0 Å². The van der Waals surface area contributed by atoms with Crippen molar-refractivity contribution in [3.05, 3.63) is 29.3 Å². The van der Waals surface area contributed by atoms with Crippen LogP contribution in [0.5, 0.6) is 0 Å². The molecule has 6 nitrogen and oxygen atoms in total. The molecule has 1 aromatic carbocycles. The summed E-state index contributed by atoms with van der Waals surface area (Å²) in [4.78, 5) is 14.0. The van der Waals surface area contributed by atoms with Crippen molar-refractivity contribution in [3.8, 4) is 0 Å². The topological polar surface area (TPSA) is 92.5 Å². The van der Waals surface area contributed by atoms with Crippen molar-refractivity contribution in [3.63, 3.8) is 0 Å². The fourth-order valence-corrected chi connectivity index (χ4v) is 3.79. The van der Waals surface area contributed by atoms with Crippen LogP contribution in [0.15, 0.2) is 24.3 Å². The van der Waals surface area contributed by atoms with Gasteiger partial charge in [0.1, 0.15) is 0 Å². The van der Waals surface area contributed by atoms with E-state index in [4.69, 9.17) is 16.7 Å². The Bertz CT molecular complexity index is 636. The van der Waals surface area contributed by atoms with Gasteiger partial charge < -0.3 is 5.32 Å². The number of amides is 1. The number of anilines is 1. The van der Waals surface area contributed by atoms with E-state index in [-0.39, 0.29) is 17.7 Å². The molecule has 1 aliphatic rings. The Labute approximate surface area is 135 Å². The minimum atomic E-state index is -3.49. The highest BCUT2D eigenvalue weighted by Crippen LogP contribution is 2.19. The standard InChI is InChI=1S/C14H20ClN3O3S/c15-11-3-1-4-12(9-11)17-14(19)6-8-18-7-2-5-13(18)10-22(16,20)21/h1,3-4,9,13H,2,5-8,10H2,(H,17,19)(H2,16,20,21)/t13-/m0/s1. The van der Waals surface area contributed by atoms with E-state index >= 15 is 0 Å². The first-order valence-electron chi connectivity index (χ1n) is 7.13. The number of hydrogen-bond acceptors (Lipinski definition) is 4. The number of nitrogens with zero attached hydrogens (tertiary/aromatic N) is 1. The lowest BCUT2D eigenvalue weighted by Crippen LogP contribution is -2.38. The van der Waals surface area contributed by atoms with Gasteiger partial charge in [0.2, 0.25) is 15.9 Å². The Hall–Kier alpha value is -1.15. The van der Waals surface area contributed by atoms with Gasteiger partial charge in [-0.25, -0.2) is 13.6 Å². The molecule has 1 fully saturated rings. The fraction of sp³-hybridized carbons (Fsp3) is 0.500. The van der Waals surface area contributed by atoms with Gasteiger partial charge in [-0.2, -0.15) is 0 Å². The van der Waals surface area contributed by atoms with E-state index in [1.807, 2.05) is 4.90 Å². The van der Waals surface area contributed by atoms with E-state index in [9.17, 15) is 13.2 Å². The number of likely N-dealkylation sites (tertiary alicyclic amines) is 1. The van der Waals surface area contributed by atoms with Crippen molar-refractivity contribution >= 4 is 33.2 Å². The van der Waals surface area contributed by atoms with Crippen molar-refractivity contribution in [2.75, 3.05) is 24.2 Å². The Kier molecular flexibility index (Phi) is 5.80. The maximum absolute atomic E-state index is 11.9. The summed E-state index contributed by atoms with van der Waals surface area (Å²) in [5, 5.41) is 8.44. The van der Waals surface area contributed by atoms with Crippen molar-refractivity contribution in [2.45, 2.75) is 25.3 Å². The first-order chi connectivity index (χ1) is 10.3. The lowest BCUT2D eigenvalue weighted by molar-refractivity contribution is -0.116. The predicted octanol–water partition coefficient (Wildman–Crippen LogP) is 1.42. The molecule has 1 saturated heterocycles. The number of benzene rings is 1. The summed E-state index contributed by atoms with van der Waals surface area (Å²) in [5.41, 5.74) is 0.653. The average molecular weight is 346 g/mol. The Balaban J connectivity index is 1.83. The van der Waals surface area contributed by atoms with Gasteiger partial charge in [-0.3, -0.25) is 9.69 Å². The molecular formula is C14H20ClN3O3S. The molecule has 1 amide bonds. The maximum Gasteiger partial charge on any atom is 0.225 e. The second-order valence-electron chi connectivity index (χ2n) is 5.47. The fourth-order valence-electron chi connectivity index (χ4n) is 2.68. The molecule has 0 aliphatic carbocycles. The van der Waals surface area contributed by atoms with E-state index in [1.54, 1.807) is 24.3 Å². The van der Waals surface area contributed by atoms with E-state index in [0.29, 0.717) is 23.7 Å². The van der Waals surface area contributed by atoms with Gasteiger partial charge >= 0.3 is 0 Å². The van der Waals surface area contributed by atoms with Crippen LogP contribution in [-0.4, -0.2) is 44.1 Å². The summed E-state index contributed by atoms with van der Waals surface area (Å²) in [7, 11) is -3.49. The van der Waals surface area contributed by atoms with Crippen LogP contribution < -0.4 is 10.5 Å². The minimum absolute atomic E-state index is 0.0527. The first kappa shape index (κ1) is 17.2. The van der Waals surface area contributed by atoms with Crippen molar-refractivity contribution in [2.24, 2.45) is 5.14 Å². The predicted molar refractivity (Wildman–Crippen MR) is 87.3 cm³/mol. The molecule has 122 valence electrons. The molecule has 22 heavy (non-hydrogen) atoms. The van der Waals surface area contributed by atoms with Crippen LogP contribution in [0.1, 0.15) is 19.3 Å². The molecule has 1 heterocycles. The van der Waals surface area contributed by atoms with Crippen LogP contribution in [0.4, 0.5) is 5.69 Å². The largest absolute Gasteiger partial charge is 0.326 e. The summed E-state index contributed by atoms with van der Waals surface area (Å²) >= 11 is 5.86. The summed E-state index contributed by atoms with van der Waals surface area (Å²) < 4.78 is 22.4. The summed E-state index contributed by atoms with van der Waals surface area (Å²) in [6.45, 7) is 1.32. The Morgan fingerprint density at radius 3 is 2.91 bits per heavy atom. The second kappa shape index (κ2) is 7.41. The van der Waals surface area contributed by atoms with Crippen LogP contribution in [0, 0.1) is 0 Å². The van der Waals surface area contributed by atoms with Crippen LogP contribution >= 0.6 is 11.6 Å². The molecule has 3 N–H and O–H groups in total. The molecule has 0 spiro atoms. The molecule has 2 rings (SSSR count). The zero-order valence-corrected chi connectivity index (χ0v) is 13.7. The number of carbonyl (C=O) groups excluding carboxylic acids is 1. The molecule has 1 aromatic rings.